The maximum Gasteiger partial charge on any atom is 0.141 e. The summed E-state index contributed by atoms with van der Waals surface area (Å²) in [6, 6.07) is 5.81. The second kappa shape index (κ2) is 4.43. The van der Waals surface area contributed by atoms with Gasteiger partial charge in [-0.3, -0.25) is 0 Å². The van der Waals surface area contributed by atoms with Crippen LogP contribution in [0, 0.1) is 11.3 Å². The normalized spacial score (nSPS) is 18.5. The van der Waals surface area contributed by atoms with Crippen molar-refractivity contribution in [2.24, 2.45) is 0 Å². The number of fused-ring (bicyclic) bond motifs is 3. The summed E-state index contributed by atoms with van der Waals surface area (Å²) in [5, 5.41) is 20.7. The van der Waals surface area contributed by atoms with Crippen LogP contribution in [0.1, 0.15) is 12.1 Å². The lowest BCUT2D eigenvalue weighted by atomic mass is 10.1. The maximum absolute atomic E-state index is 9.76. The van der Waals surface area contributed by atoms with Crippen molar-refractivity contribution in [2.75, 3.05) is 18.0 Å². The molecule has 0 amide bonds. The monoisotopic (exact) mass is 279 g/mol. The third kappa shape index (κ3) is 1.82. The number of pyridine rings is 2. The van der Waals surface area contributed by atoms with E-state index in [-0.39, 0.29) is 6.10 Å². The molecule has 3 aromatic rings. The standard InChI is InChI=1S/C15H13N5O/c16-6-9-5-11-12(7-18-9)19-15-14(11)13(1-3-17-15)20-4-2-10(21)8-20/h1,3,5,7,10,21H,2,4,8H2,(H,17,19)/t10-/m0/s1. The Balaban J connectivity index is 2.00. The van der Waals surface area contributed by atoms with Crippen LogP contribution in [-0.4, -0.2) is 39.3 Å². The van der Waals surface area contributed by atoms with E-state index >= 15 is 0 Å². The summed E-state index contributed by atoms with van der Waals surface area (Å²) in [7, 11) is 0. The van der Waals surface area contributed by atoms with Crippen LogP contribution < -0.4 is 4.90 Å². The summed E-state index contributed by atoms with van der Waals surface area (Å²) in [5.74, 6) is 0. The van der Waals surface area contributed by atoms with Gasteiger partial charge in [0.15, 0.2) is 0 Å². The van der Waals surface area contributed by atoms with Crippen LogP contribution in [0.4, 0.5) is 5.69 Å². The van der Waals surface area contributed by atoms with Crippen LogP contribution >= 0.6 is 0 Å². The smallest absolute Gasteiger partial charge is 0.141 e. The summed E-state index contributed by atoms with van der Waals surface area (Å²) < 4.78 is 0. The molecule has 0 saturated carbocycles. The number of nitrogens with one attached hydrogen (secondary N) is 1. The van der Waals surface area contributed by atoms with Crippen molar-refractivity contribution >= 4 is 27.6 Å². The van der Waals surface area contributed by atoms with Gasteiger partial charge in [-0.1, -0.05) is 0 Å². The van der Waals surface area contributed by atoms with Crippen LogP contribution in [0.5, 0.6) is 0 Å². The van der Waals surface area contributed by atoms with E-state index in [0.29, 0.717) is 12.2 Å². The van der Waals surface area contributed by atoms with E-state index in [1.807, 2.05) is 6.07 Å². The first-order valence-electron chi connectivity index (χ1n) is 6.86. The van der Waals surface area contributed by atoms with Crippen LogP contribution in [0.25, 0.3) is 21.9 Å². The molecule has 1 aliphatic rings. The highest BCUT2D eigenvalue weighted by Crippen LogP contribution is 2.34. The molecule has 6 heteroatoms. The van der Waals surface area contributed by atoms with Gasteiger partial charge < -0.3 is 15.0 Å². The van der Waals surface area contributed by atoms with Gasteiger partial charge in [-0.15, -0.1) is 0 Å². The first-order valence-corrected chi connectivity index (χ1v) is 6.86. The second-order valence-electron chi connectivity index (χ2n) is 5.29. The number of aliphatic hydroxyl groups excluding tert-OH is 1. The first-order chi connectivity index (χ1) is 10.3. The molecular formula is C15H13N5O. The van der Waals surface area contributed by atoms with Gasteiger partial charge in [-0.05, 0) is 18.6 Å². The van der Waals surface area contributed by atoms with Gasteiger partial charge in [0.05, 0.1) is 28.9 Å². The number of nitriles is 1. The lowest BCUT2D eigenvalue weighted by Gasteiger charge is -2.18. The third-order valence-electron chi connectivity index (χ3n) is 3.97. The molecule has 6 nitrogen and oxygen atoms in total. The van der Waals surface area contributed by atoms with E-state index in [2.05, 4.69) is 25.9 Å². The Labute approximate surface area is 120 Å². The maximum atomic E-state index is 9.76. The number of aromatic amines is 1. The van der Waals surface area contributed by atoms with Gasteiger partial charge in [0.1, 0.15) is 17.4 Å². The Hall–Kier alpha value is -2.65. The highest BCUT2D eigenvalue weighted by Gasteiger charge is 2.23. The number of β-amino-alcohol motifs (C(OH)–C–C–N with tert-alkyl or cyclic N) is 1. The quantitative estimate of drug-likeness (QED) is 0.705. The first kappa shape index (κ1) is 12.1. The zero-order valence-electron chi connectivity index (χ0n) is 11.2. The summed E-state index contributed by atoms with van der Waals surface area (Å²) in [6.45, 7) is 1.45. The number of aromatic nitrogens is 3. The molecule has 0 spiro atoms. The Morgan fingerprint density at radius 1 is 1.43 bits per heavy atom. The molecule has 0 bridgehead atoms. The van der Waals surface area contributed by atoms with E-state index in [0.717, 1.165) is 40.6 Å². The molecule has 1 fully saturated rings. The van der Waals surface area contributed by atoms with E-state index < -0.39 is 0 Å². The molecule has 3 aromatic heterocycles. The largest absolute Gasteiger partial charge is 0.391 e. The molecule has 0 radical (unpaired) electrons. The molecule has 0 aromatic carbocycles. The van der Waals surface area contributed by atoms with Gasteiger partial charge in [0, 0.05) is 24.7 Å². The van der Waals surface area contributed by atoms with Crippen molar-refractivity contribution < 1.29 is 5.11 Å². The SMILES string of the molecule is N#Cc1cc2c(cn1)[nH]c1nccc(N3CC[C@H](O)C3)c12. The highest BCUT2D eigenvalue weighted by molar-refractivity contribution is 6.12. The van der Waals surface area contributed by atoms with Gasteiger partial charge in [0.25, 0.3) is 0 Å². The minimum Gasteiger partial charge on any atom is -0.391 e. The fraction of sp³-hybridized carbons (Fsp3) is 0.267. The van der Waals surface area contributed by atoms with Crippen molar-refractivity contribution in [3.8, 4) is 6.07 Å². The van der Waals surface area contributed by atoms with Crippen LogP contribution in [-0.2, 0) is 0 Å². The summed E-state index contributed by atoms with van der Waals surface area (Å²) in [6.07, 6.45) is 3.92. The number of aliphatic hydroxyl groups is 1. The zero-order valence-corrected chi connectivity index (χ0v) is 11.2. The van der Waals surface area contributed by atoms with Crippen molar-refractivity contribution in [1.29, 1.82) is 5.26 Å². The molecule has 104 valence electrons. The number of nitrogens with zero attached hydrogens (tertiary/aromatic N) is 4. The molecule has 1 saturated heterocycles. The fourth-order valence-electron chi connectivity index (χ4n) is 2.99. The molecule has 0 unspecified atom stereocenters. The number of anilines is 1. The van der Waals surface area contributed by atoms with Crippen LogP contribution in [0.2, 0.25) is 0 Å². The predicted molar refractivity (Wildman–Crippen MR) is 78.9 cm³/mol. The van der Waals surface area contributed by atoms with Gasteiger partial charge in [-0.2, -0.15) is 5.26 Å². The zero-order chi connectivity index (χ0) is 14.4. The molecule has 1 aliphatic heterocycles. The van der Waals surface area contributed by atoms with Crippen molar-refractivity contribution in [2.45, 2.75) is 12.5 Å². The van der Waals surface area contributed by atoms with Gasteiger partial charge >= 0.3 is 0 Å². The van der Waals surface area contributed by atoms with Crippen molar-refractivity contribution in [3.63, 3.8) is 0 Å². The van der Waals surface area contributed by atoms with Gasteiger partial charge in [0.2, 0.25) is 0 Å². The molecule has 4 rings (SSSR count). The van der Waals surface area contributed by atoms with E-state index in [1.54, 1.807) is 18.5 Å². The minimum atomic E-state index is -0.283. The Morgan fingerprint density at radius 2 is 2.33 bits per heavy atom. The Kier molecular flexibility index (Phi) is 2.56. The number of H-pyrrole nitrogens is 1. The van der Waals surface area contributed by atoms with Crippen molar-refractivity contribution in [3.05, 3.63) is 30.2 Å². The average Bonchev–Trinajstić information content (AvgIpc) is 3.09. The Bertz CT molecular complexity index is 879. The third-order valence-corrected chi connectivity index (χ3v) is 3.97. The molecule has 2 N–H and O–H groups in total. The molecular weight excluding hydrogens is 266 g/mol. The minimum absolute atomic E-state index is 0.283. The molecule has 0 aliphatic carbocycles. The lowest BCUT2D eigenvalue weighted by molar-refractivity contribution is 0.198. The summed E-state index contributed by atoms with van der Waals surface area (Å²) in [5.41, 5.74) is 3.07. The van der Waals surface area contributed by atoms with Gasteiger partial charge in [-0.25, -0.2) is 9.97 Å². The average molecular weight is 279 g/mol. The van der Waals surface area contributed by atoms with E-state index in [9.17, 15) is 5.11 Å². The molecule has 4 heterocycles. The molecule has 21 heavy (non-hydrogen) atoms. The topological polar surface area (TPSA) is 88.8 Å². The molecule has 1 atom stereocenters. The number of hydrogen-bond donors (Lipinski definition) is 2. The number of rotatable bonds is 1. The number of hydrogen-bond acceptors (Lipinski definition) is 5. The van der Waals surface area contributed by atoms with Crippen LogP contribution in [0.3, 0.4) is 0 Å². The highest BCUT2D eigenvalue weighted by atomic mass is 16.3. The Morgan fingerprint density at radius 3 is 3.10 bits per heavy atom. The predicted octanol–water partition coefficient (Wildman–Crippen LogP) is 1.55. The lowest BCUT2D eigenvalue weighted by Crippen LogP contribution is -2.21. The van der Waals surface area contributed by atoms with E-state index in [1.165, 1.54) is 0 Å². The second-order valence-corrected chi connectivity index (χ2v) is 5.29. The van der Waals surface area contributed by atoms with Crippen LogP contribution in [0.15, 0.2) is 24.5 Å². The fourth-order valence-corrected chi connectivity index (χ4v) is 2.99. The summed E-state index contributed by atoms with van der Waals surface area (Å²) >= 11 is 0. The van der Waals surface area contributed by atoms with E-state index in [4.69, 9.17) is 5.26 Å². The van der Waals surface area contributed by atoms with Crippen molar-refractivity contribution in [1.82, 2.24) is 15.0 Å². The summed E-state index contributed by atoms with van der Waals surface area (Å²) in [4.78, 5) is 13.8.